The molecule has 1 heterocycles. The summed E-state index contributed by atoms with van der Waals surface area (Å²) in [5, 5.41) is 2.63. The van der Waals surface area contributed by atoms with Gasteiger partial charge in [0.15, 0.2) is 0 Å². The summed E-state index contributed by atoms with van der Waals surface area (Å²) >= 11 is 11.0. The van der Waals surface area contributed by atoms with Crippen LogP contribution in [0.2, 0.25) is 5.02 Å². The molecule has 0 saturated heterocycles. The van der Waals surface area contributed by atoms with Gasteiger partial charge in [-0.15, -0.1) is 11.3 Å². The third kappa shape index (κ3) is 2.65. The van der Waals surface area contributed by atoms with E-state index in [0.29, 0.717) is 5.02 Å². The number of hydrogen-bond donors (Lipinski definition) is 1. The molecule has 0 aliphatic rings. The van der Waals surface area contributed by atoms with Gasteiger partial charge < -0.3 is 10.5 Å². The van der Waals surface area contributed by atoms with E-state index in [-0.39, 0.29) is 6.04 Å². The maximum absolute atomic E-state index is 6.22. The van der Waals surface area contributed by atoms with E-state index in [4.69, 9.17) is 22.1 Å². The number of ether oxygens (including phenoxy) is 1. The van der Waals surface area contributed by atoms with Crippen LogP contribution in [0.25, 0.3) is 0 Å². The Morgan fingerprint density at radius 3 is 2.76 bits per heavy atom. The van der Waals surface area contributed by atoms with Crippen molar-refractivity contribution >= 4 is 38.9 Å². The fourth-order valence-electron chi connectivity index (χ4n) is 1.61. The predicted octanol–water partition coefficient (Wildman–Crippen LogP) is 4.22. The molecule has 0 fully saturated rings. The Kier molecular flexibility index (Phi) is 4.09. The van der Waals surface area contributed by atoms with Crippen LogP contribution in [0.15, 0.2) is 34.1 Å². The van der Waals surface area contributed by atoms with Crippen LogP contribution in [-0.4, -0.2) is 7.11 Å². The Bertz CT molecular complexity index is 529. The highest BCUT2D eigenvalue weighted by Crippen LogP contribution is 2.36. The third-order valence-corrected chi connectivity index (χ3v) is 4.39. The minimum atomic E-state index is -0.259. The summed E-state index contributed by atoms with van der Waals surface area (Å²) in [5.74, 6) is 0.761. The van der Waals surface area contributed by atoms with Crippen molar-refractivity contribution in [3.63, 3.8) is 0 Å². The molecule has 0 aliphatic carbocycles. The average Bonchev–Trinajstić information content (AvgIpc) is 2.74. The fourth-order valence-corrected chi connectivity index (χ4v) is 3.14. The van der Waals surface area contributed by atoms with Crippen molar-refractivity contribution in [2.45, 2.75) is 6.04 Å². The standard InChI is InChI=1S/C12H11BrClNOS/c1-16-10-6-7(13)2-3-8(10)11(15)12-9(14)4-5-17-12/h2-6,11H,15H2,1H3. The summed E-state index contributed by atoms with van der Waals surface area (Å²) in [6.45, 7) is 0. The molecule has 1 atom stereocenters. The molecule has 0 bridgehead atoms. The average molecular weight is 333 g/mol. The summed E-state index contributed by atoms with van der Waals surface area (Å²) in [6, 6.07) is 7.39. The summed E-state index contributed by atoms with van der Waals surface area (Å²) < 4.78 is 6.30. The lowest BCUT2D eigenvalue weighted by molar-refractivity contribution is 0.408. The number of halogens is 2. The van der Waals surface area contributed by atoms with E-state index in [0.717, 1.165) is 20.7 Å². The van der Waals surface area contributed by atoms with Gasteiger partial charge in [0.25, 0.3) is 0 Å². The van der Waals surface area contributed by atoms with Crippen LogP contribution in [0.1, 0.15) is 16.5 Å². The van der Waals surface area contributed by atoms with E-state index in [1.165, 1.54) is 0 Å². The second-order valence-corrected chi connectivity index (χ2v) is 5.77. The highest BCUT2D eigenvalue weighted by Gasteiger charge is 2.17. The maximum atomic E-state index is 6.22. The number of benzene rings is 1. The summed E-state index contributed by atoms with van der Waals surface area (Å²) in [6.07, 6.45) is 0. The topological polar surface area (TPSA) is 35.2 Å². The first-order chi connectivity index (χ1) is 8.13. The molecule has 0 spiro atoms. The first-order valence-corrected chi connectivity index (χ1v) is 7.00. The Morgan fingerprint density at radius 1 is 1.41 bits per heavy atom. The van der Waals surface area contributed by atoms with Gasteiger partial charge in [-0.05, 0) is 23.6 Å². The Balaban J connectivity index is 2.44. The van der Waals surface area contributed by atoms with Crippen molar-refractivity contribution in [2.75, 3.05) is 7.11 Å². The molecule has 17 heavy (non-hydrogen) atoms. The molecule has 2 aromatic rings. The number of thiophene rings is 1. The lowest BCUT2D eigenvalue weighted by Crippen LogP contribution is -2.12. The zero-order chi connectivity index (χ0) is 12.4. The van der Waals surface area contributed by atoms with Crippen molar-refractivity contribution in [3.8, 4) is 5.75 Å². The summed E-state index contributed by atoms with van der Waals surface area (Å²) in [5.41, 5.74) is 7.15. The van der Waals surface area contributed by atoms with Crippen LogP contribution in [0.4, 0.5) is 0 Å². The van der Waals surface area contributed by atoms with Crippen LogP contribution >= 0.6 is 38.9 Å². The molecule has 5 heteroatoms. The van der Waals surface area contributed by atoms with Gasteiger partial charge in [-0.3, -0.25) is 0 Å². The van der Waals surface area contributed by atoms with E-state index in [1.807, 2.05) is 29.6 Å². The lowest BCUT2D eigenvalue weighted by atomic mass is 10.1. The Morgan fingerprint density at radius 2 is 2.18 bits per heavy atom. The van der Waals surface area contributed by atoms with E-state index in [2.05, 4.69) is 15.9 Å². The van der Waals surface area contributed by atoms with E-state index < -0.39 is 0 Å². The zero-order valence-corrected chi connectivity index (χ0v) is 12.3. The van der Waals surface area contributed by atoms with Gasteiger partial charge in [0.2, 0.25) is 0 Å². The van der Waals surface area contributed by atoms with Gasteiger partial charge in [0.05, 0.1) is 18.2 Å². The molecule has 90 valence electrons. The minimum absolute atomic E-state index is 0.259. The van der Waals surface area contributed by atoms with E-state index in [1.54, 1.807) is 18.4 Å². The molecule has 2 nitrogen and oxygen atoms in total. The summed E-state index contributed by atoms with van der Waals surface area (Å²) in [7, 11) is 1.63. The van der Waals surface area contributed by atoms with Gasteiger partial charge in [0, 0.05) is 14.9 Å². The Labute approximate surface area is 117 Å². The third-order valence-electron chi connectivity index (χ3n) is 2.46. The van der Waals surface area contributed by atoms with E-state index >= 15 is 0 Å². The van der Waals surface area contributed by atoms with Gasteiger partial charge in [-0.2, -0.15) is 0 Å². The van der Waals surface area contributed by atoms with Gasteiger partial charge in [-0.25, -0.2) is 0 Å². The molecule has 1 aromatic carbocycles. The van der Waals surface area contributed by atoms with Crippen molar-refractivity contribution in [1.29, 1.82) is 0 Å². The molecule has 1 unspecified atom stereocenters. The summed E-state index contributed by atoms with van der Waals surface area (Å²) in [4.78, 5) is 0.951. The van der Waals surface area contributed by atoms with E-state index in [9.17, 15) is 0 Å². The molecule has 2 N–H and O–H groups in total. The minimum Gasteiger partial charge on any atom is -0.496 e. The first kappa shape index (κ1) is 12.9. The zero-order valence-electron chi connectivity index (χ0n) is 9.11. The second kappa shape index (κ2) is 5.40. The second-order valence-electron chi connectivity index (χ2n) is 3.50. The highest BCUT2D eigenvalue weighted by molar-refractivity contribution is 9.10. The van der Waals surface area contributed by atoms with Gasteiger partial charge >= 0.3 is 0 Å². The number of nitrogens with two attached hydrogens (primary N) is 1. The Hall–Kier alpha value is -0.550. The van der Waals surface area contributed by atoms with Crippen molar-refractivity contribution in [1.82, 2.24) is 0 Å². The quantitative estimate of drug-likeness (QED) is 0.913. The smallest absolute Gasteiger partial charge is 0.125 e. The van der Waals surface area contributed by atoms with Crippen LogP contribution in [0.3, 0.4) is 0 Å². The SMILES string of the molecule is COc1cc(Br)ccc1C(N)c1sccc1Cl. The number of rotatable bonds is 3. The lowest BCUT2D eigenvalue weighted by Gasteiger charge is -2.15. The maximum Gasteiger partial charge on any atom is 0.125 e. The molecule has 0 saturated carbocycles. The highest BCUT2D eigenvalue weighted by atomic mass is 79.9. The van der Waals surface area contributed by atoms with Gasteiger partial charge in [0.1, 0.15) is 5.75 Å². The molecular weight excluding hydrogens is 322 g/mol. The molecule has 0 amide bonds. The molecule has 0 radical (unpaired) electrons. The normalized spacial score (nSPS) is 12.5. The molecular formula is C12H11BrClNOS. The van der Waals surface area contributed by atoms with Crippen LogP contribution in [0, 0.1) is 0 Å². The molecule has 1 aromatic heterocycles. The largest absolute Gasteiger partial charge is 0.496 e. The first-order valence-electron chi connectivity index (χ1n) is 4.95. The predicted molar refractivity (Wildman–Crippen MR) is 76.1 cm³/mol. The fraction of sp³-hybridized carbons (Fsp3) is 0.167. The van der Waals surface area contributed by atoms with Crippen LogP contribution in [0.5, 0.6) is 5.75 Å². The van der Waals surface area contributed by atoms with Crippen molar-refractivity contribution < 1.29 is 4.74 Å². The van der Waals surface area contributed by atoms with Crippen LogP contribution < -0.4 is 10.5 Å². The molecule has 0 aliphatic heterocycles. The monoisotopic (exact) mass is 331 g/mol. The number of methoxy groups -OCH3 is 1. The van der Waals surface area contributed by atoms with Crippen molar-refractivity contribution in [2.24, 2.45) is 5.73 Å². The number of hydrogen-bond acceptors (Lipinski definition) is 3. The van der Waals surface area contributed by atoms with Gasteiger partial charge in [-0.1, -0.05) is 33.6 Å². The molecule has 2 rings (SSSR count). The van der Waals surface area contributed by atoms with Crippen molar-refractivity contribution in [3.05, 3.63) is 49.6 Å². The van der Waals surface area contributed by atoms with Crippen LogP contribution in [-0.2, 0) is 0 Å².